The summed E-state index contributed by atoms with van der Waals surface area (Å²) in [5, 5.41) is 0. The molecule has 1 aliphatic carbocycles. The lowest BCUT2D eigenvalue weighted by atomic mass is 10.0. The average Bonchev–Trinajstić information content (AvgIpc) is 2.77. The molecule has 1 fully saturated rings. The number of nitrogens with zero attached hydrogens (tertiary/aromatic N) is 1. The summed E-state index contributed by atoms with van der Waals surface area (Å²) in [6, 6.07) is 1.98. The molecule has 2 N–H and O–H groups in total. The number of methoxy groups -OCH3 is 2. The van der Waals surface area contributed by atoms with Gasteiger partial charge in [0.15, 0.2) is 0 Å². The first-order chi connectivity index (χ1) is 7.54. The molecule has 1 aromatic heterocycles. The lowest BCUT2D eigenvalue weighted by Gasteiger charge is -2.12. The fourth-order valence-electron chi connectivity index (χ4n) is 2.29. The van der Waals surface area contributed by atoms with Crippen molar-refractivity contribution in [2.24, 2.45) is 11.1 Å². The van der Waals surface area contributed by atoms with Crippen LogP contribution < -0.4 is 15.2 Å². The molecule has 88 valence electrons. The van der Waals surface area contributed by atoms with E-state index >= 15 is 0 Å². The highest BCUT2D eigenvalue weighted by atomic mass is 16.5. The van der Waals surface area contributed by atoms with Gasteiger partial charge in [0, 0.05) is 18.2 Å². The number of ether oxygens (including phenoxy) is 2. The van der Waals surface area contributed by atoms with E-state index in [0.29, 0.717) is 5.88 Å². The van der Waals surface area contributed by atoms with E-state index in [2.05, 4.69) is 18.8 Å². The Hall–Kier alpha value is -1.29. The van der Waals surface area contributed by atoms with Gasteiger partial charge in [-0.1, -0.05) is 13.8 Å². The van der Waals surface area contributed by atoms with Gasteiger partial charge in [-0.05, 0) is 11.5 Å². The largest absolute Gasteiger partial charge is 0.496 e. The molecule has 1 aliphatic rings. The van der Waals surface area contributed by atoms with Crippen molar-refractivity contribution in [1.82, 2.24) is 4.98 Å². The van der Waals surface area contributed by atoms with E-state index in [9.17, 15) is 0 Å². The Kier molecular flexibility index (Phi) is 2.54. The molecule has 4 heteroatoms. The van der Waals surface area contributed by atoms with Gasteiger partial charge in [-0.15, -0.1) is 0 Å². The van der Waals surface area contributed by atoms with Crippen molar-refractivity contribution in [3.8, 4) is 11.6 Å². The van der Waals surface area contributed by atoms with Crippen LogP contribution in [0.4, 0.5) is 0 Å². The fraction of sp³-hybridized carbons (Fsp3) is 0.583. The second-order valence-corrected chi connectivity index (χ2v) is 4.76. The molecule has 2 atom stereocenters. The van der Waals surface area contributed by atoms with Crippen LogP contribution in [0.3, 0.4) is 0 Å². The van der Waals surface area contributed by atoms with Crippen molar-refractivity contribution in [3.05, 3.63) is 17.8 Å². The second-order valence-electron chi connectivity index (χ2n) is 4.76. The van der Waals surface area contributed by atoms with Crippen molar-refractivity contribution in [1.29, 1.82) is 0 Å². The highest BCUT2D eigenvalue weighted by molar-refractivity contribution is 5.49. The van der Waals surface area contributed by atoms with Gasteiger partial charge in [0.05, 0.1) is 19.8 Å². The molecule has 0 bridgehead atoms. The van der Waals surface area contributed by atoms with E-state index in [-0.39, 0.29) is 17.4 Å². The quantitative estimate of drug-likeness (QED) is 0.843. The Balaban J connectivity index is 2.47. The molecule has 1 saturated carbocycles. The minimum absolute atomic E-state index is 0.0869. The van der Waals surface area contributed by atoms with Gasteiger partial charge in [-0.3, -0.25) is 0 Å². The topological polar surface area (TPSA) is 57.4 Å². The first-order valence-electron chi connectivity index (χ1n) is 5.36. The summed E-state index contributed by atoms with van der Waals surface area (Å²) >= 11 is 0. The first kappa shape index (κ1) is 11.2. The van der Waals surface area contributed by atoms with Crippen molar-refractivity contribution in [2.45, 2.75) is 25.8 Å². The molecule has 2 rings (SSSR count). The number of hydrogen-bond donors (Lipinski definition) is 1. The van der Waals surface area contributed by atoms with Crippen LogP contribution >= 0.6 is 0 Å². The van der Waals surface area contributed by atoms with E-state index in [4.69, 9.17) is 15.2 Å². The van der Waals surface area contributed by atoms with E-state index in [1.54, 1.807) is 20.4 Å². The van der Waals surface area contributed by atoms with Gasteiger partial charge in [-0.2, -0.15) is 0 Å². The van der Waals surface area contributed by atoms with Crippen LogP contribution in [0.2, 0.25) is 0 Å². The average molecular weight is 222 g/mol. The van der Waals surface area contributed by atoms with E-state index < -0.39 is 0 Å². The Morgan fingerprint density at radius 3 is 2.38 bits per heavy atom. The summed E-state index contributed by atoms with van der Waals surface area (Å²) in [5.74, 6) is 1.68. The van der Waals surface area contributed by atoms with E-state index in [1.807, 2.05) is 6.07 Å². The zero-order valence-corrected chi connectivity index (χ0v) is 10.2. The van der Waals surface area contributed by atoms with Crippen LogP contribution in [-0.4, -0.2) is 25.2 Å². The molecular formula is C12H18N2O2. The molecule has 0 saturated heterocycles. The fourth-order valence-corrected chi connectivity index (χ4v) is 2.29. The number of rotatable bonds is 3. The Morgan fingerprint density at radius 1 is 1.31 bits per heavy atom. The number of hydrogen-bond acceptors (Lipinski definition) is 4. The number of pyridine rings is 1. The summed E-state index contributed by atoms with van der Waals surface area (Å²) < 4.78 is 10.6. The van der Waals surface area contributed by atoms with Gasteiger partial charge in [-0.25, -0.2) is 4.98 Å². The van der Waals surface area contributed by atoms with Crippen molar-refractivity contribution in [3.63, 3.8) is 0 Å². The van der Waals surface area contributed by atoms with Crippen LogP contribution in [-0.2, 0) is 0 Å². The molecule has 0 aliphatic heterocycles. The lowest BCUT2D eigenvalue weighted by Crippen LogP contribution is -2.07. The molecule has 0 radical (unpaired) electrons. The van der Waals surface area contributed by atoms with Crippen LogP contribution in [0.15, 0.2) is 12.3 Å². The maximum atomic E-state index is 6.08. The Labute approximate surface area is 95.8 Å². The van der Waals surface area contributed by atoms with Gasteiger partial charge in [0.25, 0.3) is 0 Å². The molecule has 0 amide bonds. The Morgan fingerprint density at radius 2 is 1.94 bits per heavy atom. The molecule has 16 heavy (non-hydrogen) atoms. The van der Waals surface area contributed by atoms with Crippen LogP contribution in [0.5, 0.6) is 11.6 Å². The van der Waals surface area contributed by atoms with Crippen molar-refractivity contribution >= 4 is 0 Å². The molecule has 1 aromatic rings. The number of aromatic nitrogens is 1. The summed E-state index contributed by atoms with van der Waals surface area (Å²) in [6.07, 6.45) is 1.68. The SMILES string of the molecule is COc1ccnc(OC)c1[C@@H]1[C@@H](N)C1(C)C. The van der Waals surface area contributed by atoms with Crippen LogP contribution in [0, 0.1) is 5.41 Å². The summed E-state index contributed by atoms with van der Waals surface area (Å²) in [7, 11) is 3.27. The maximum absolute atomic E-state index is 6.08. The van der Waals surface area contributed by atoms with Gasteiger partial charge in [0.1, 0.15) is 5.75 Å². The highest BCUT2D eigenvalue weighted by Crippen LogP contribution is 2.60. The molecule has 0 spiro atoms. The Bertz CT molecular complexity index is 382. The predicted octanol–water partition coefficient (Wildman–Crippen LogP) is 1.55. The van der Waals surface area contributed by atoms with Crippen molar-refractivity contribution < 1.29 is 9.47 Å². The van der Waals surface area contributed by atoms with Crippen LogP contribution in [0.1, 0.15) is 25.3 Å². The lowest BCUT2D eigenvalue weighted by molar-refractivity contribution is 0.370. The zero-order chi connectivity index (χ0) is 11.9. The zero-order valence-electron chi connectivity index (χ0n) is 10.2. The van der Waals surface area contributed by atoms with Gasteiger partial charge < -0.3 is 15.2 Å². The predicted molar refractivity (Wildman–Crippen MR) is 61.8 cm³/mol. The second kappa shape index (κ2) is 3.63. The minimum atomic E-state index is 0.0869. The summed E-state index contributed by atoms with van der Waals surface area (Å²) in [4.78, 5) is 4.21. The molecule has 0 unspecified atom stereocenters. The van der Waals surface area contributed by atoms with E-state index in [1.165, 1.54) is 0 Å². The molecular weight excluding hydrogens is 204 g/mol. The minimum Gasteiger partial charge on any atom is -0.496 e. The standard InChI is InChI=1S/C12H18N2O2/c1-12(2)9(10(12)13)8-7(15-3)5-6-14-11(8)16-4/h5-6,9-10H,13H2,1-4H3/t9-,10-/m1/s1. The first-order valence-corrected chi connectivity index (χ1v) is 5.36. The van der Waals surface area contributed by atoms with Crippen LogP contribution in [0.25, 0.3) is 0 Å². The monoisotopic (exact) mass is 222 g/mol. The highest BCUT2D eigenvalue weighted by Gasteiger charge is 2.58. The maximum Gasteiger partial charge on any atom is 0.220 e. The molecule has 1 heterocycles. The smallest absolute Gasteiger partial charge is 0.220 e. The third kappa shape index (κ3) is 1.45. The molecule has 0 aromatic carbocycles. The normalized spacial score (nSPS) is 26.3. The third-order valence-corrected chi connectivity index (χ3v) is 3.55. The van der Waals surface area contributed by atoms with E-state index in [0.717, 1.165) is 11.3 Å². The van der Waals surface area contributed by atoms with Gasteiger partial charge in [0.2, 0.25) is 5.88 Å². The number of nitrogens with two attached hydrogens (primary N) is 1. The molecule has 4 nitrogen and oxygen atoms in total. The summed E-state index contributed by atoms with van der Waals surface area (Å²) in [5.41, 5.74) is 7.16. The van der Waals surface area contributed by atoms with Crippen molar-refractivity contribution in [2.75, 3.05) is 14.2 Å². The third-order valence-electron chi connectivity index (χ3n) is 3.55. The van der Waals surface area contributed by atoms with Gasteiger partial charge >= 0.3 is 0 Å². The summed E-state index contributed by atoms with van der Waals surface area (Å²) in [6.45, 7) is 4.29.